The first-order valence-corrected chi connectivity index (χ1v) is 5.20. The van der Waals surface area contributed by atoms with Gasteiger partial charge in [0.2, 0.25) is 5.91 Å². The maximum absolute atomic E-state index is 11.6. The van der Waals surface area contributed by atoms with Crippen LogP contribution in [0.15, 0.2) is 29.8 Å². The molecule has 1 aliphatic rings. The Kier molecular flexibility index (Phi) is 3.09. The van der Waals surface area contributed by atoms with Gasteiger partial charge in [0.05, 0.1) is 0 Å². The Morgan fingerprint density at radius 3 is 2.88 bits per heavy atom. The highest BCUT2D eigenvalue weighted by atomic mass is 16.4. The van der Waals surface area contributed by atoms with Gasteiger partial charge in [-0.3, -0.25) is 9.59 Å². The highest BCUT2D eigenvalue weighted by Crippen LogP contribution is 2.22. The molecule has 88 valence electrons. The first-order chi connectivity index (χ1) is 8.16. The predicted molar refractivity (Wildman–Crippen MR) is 63.6 cm³/mol. The van der Waals surface area contributed by atoms with Gasteiger partial charge < -0.3 is 15.7 Å². The summed E-state index contributed by atoms with van der Waals surface area (Å²) in [5.41, 5.74) is 2.44. The van der Waals surface area contributed by atoms with Gasteiger partial charge in [0.15, 0.2) is 0 Å². The van der Waals surface area contributed by atoms with E-state index in [4.69, 9.17) is 5.11 Å². The van der Waals surface area contributed by atoms with Crippen molar-refractivity contribution < 1.29 is 14.7 Å². The van der Waals surface area contributed by atoms with Crippen molar-refractivity contribution in [3.05, 3.63) is 35.4 Å². The first-order valence-electron chi connectivity index (χ1n) is 5.20. The molecular weight excluding hydrogens is 220 g/mol. The van der Waals surface area contributed by atoms with E-state index in [1.54, 1.807) is 6.08 Å². The number of hydrogen-bond donors (Lipinski definition) is 3. The van der Waals surface area contributed by atoms with Crippen molar-refractivity contribution in [3.63, 3.8) is 0 Å². The molecule has 0 atom stereocenters. The van der Waals surface area contributed by atoms with E-state index in [1.807, 2.05) is 24.3 Å². The van der Waals surface area contributed by atoms with Gasteiger partial charge in [-0.05, 0) is 17.7 Å². The second-order valence-corrected chi connectivity index (χ2v) is 3.69. The molecule has 5 nitrogen and oxygen atoms in total. The van der Waals surface area contributed by atoms with Crippen molar-refractivity contribution in [2.45, 2.75) is 0 Å². The Bertz CT molecular complexity index is 494. The Balaban J connectivity index is 2.11. The zero-order valence-electron chi connectivity index (χ0n) is 9.06. The van der Waals surface area contributed by atoms with Crippen molar-refractivity contribution in [2.24, 2.45) is 0 Å². The van der Waals surface area contributed by atoms with Crippen LogP contribution >= 0.6 is 0 Å². The maximum atomic E-state index is 11.6. The van der Waals surface area contributed by atoms with Crippen LogP contribution in [0.5, 0.6) is 0 Å². The van der Waals surface area contributed by atoms with E-state index >= 15 is 0 Å². The highest BCUT2D eigenvalue weighted by molar-refractivity contribution is 6.01. The van der Waals surface area contributed by atoms with Gasteiger partial charge in [0, 0.05) is 17.8 Å². The Hall–Kier alpha value is -2.30. The molecule has 1 heterocycles. The normalized spacial score (nSPS) is 13.1. The molecular formula is C12H12N2O3. The summed E-state index contributed by atoms with van der Waals surface area (Å²) < 4.78 is 0. The van der Waals surface area contributed by atoms with E-state index in [-0.39, 0.29) is 12.5 Å². The largest absolute Gasteiger partial charge is 0.480 e. The second-order valence-electron chi connectivity index (χ2n) is 3.69. The Labute approximate surface area is 98.1 Å². The molecule has 1 aromatic rings. The minimum Gasteiger partial charge on any atom is -0.480 e. The fourth-order valence-electron chi connectivity index (χ4n) is 1.63. The molecule has 17 heavy (non-hydrogen) atoms. The minimum absolute atomic E-state index is 0.352. The zero-order chi connectivity index (χ0) is 12.3. The average molecular weight is 232 g/mol. The number of amides is 1. The molecule has 3 N–H and O–H groups in total. The summed E-state index contributed by atoms with van der Waals surface area (Å²) >= 11 is 0. The van der Waals surface area contributed by atoms with E-state index < -0.39 is 5.97 Å². The molecule has 0 aliphatic carbocycles. The van der Waals surface area contributed by atoms with Crippen LogP contribution in [-0.4, -0.2) is 30.1 Å². The van der Waals surface area contributed by atoms with Gasteiger partial charge in [0.1, 0.15) is 6.54 Å². The van der Waals surface area contributed by atoms with Gasteiger partial charge in [-0.2, -0.15) is 0 Å². The fraction of sp³-hybridized carbons (Fsp3) is 0.167. The molecule has 0 spiro atoms. The van der Waals surface area contributed by atoms with Gasteiger partial charge in [-0.25, -0.2) is 0 Å². The lowest BCUT2D eigenvalue weighted by molar-refractivity contribution is -0.137. The number of benzene rings is 1. The molecule has 0 unspecified atom stereocenters. The number of nitrogens with one attached hydrogen (secondary N) is 2. The standard InChI is InChI=1S/C12H12N2O3/c15-11(16)7-14-12(17)9-5-8-3-1-2-4-10(8)13-6-9/h1-5,13H,6-7H2,(H,14,17)(H,15,16). The van der Waals surface area contributed by atoms with Crippen LogP contribution in [0.3, 0.4) is 0 Å². The number of aliphatic carboxylic acids is 1. The van der Waals surface area contributed by atoms with Crippen molar-refractivity contribution in [2.75, 3.05) is 18.4 Å². The predicted octanol–water partition coefficient (Wildman–Crippen LogP) is 0.696. The van der Waals surface area contributed by atoms with Crippen LogP contribution in [0.25, 0.3) is 6.08 Å². The van der Waals surface area contributed by atoms with Gasteiger partial charge >= 0.3 is 5.97 Å². The number of anilines is 1. The van der Waals surface area contributed by atoms with Crippen LogP contribution in [0, 0.1) is 0 Å². The molecule has 0 fully saturated rings. The van der Waals surface area contributed by atoms with Gasteiger partial charge in [0.25, 0.3) is 0 Å². The van der Waals surface area contributed by atoms with E-state index in [9.17, 15) is 9.59 Å². The summed E-state index contributed by atoms with van der Waals surface area (Å²) in [4.78, 5) is 22.0. The summed E-state index contributed by atoms with van der Waals surface area (Å²) in [6.45, 7) is 0.0420. The third kappa shape index (κ3) is 2.63. The van der Waals surface area contributed by atoms with Gasteiger partial charge in [-0.15, -0.1) is 0 Å². The topological polar surface area (TPSA) is 78.4 Å². The number of para-hydroxylation sites is 1. The fourth-order valence-corrected chi connectivity index (χ4v) is 1.63. The summed E-state index contributed by atoms with van der Waals surface area (Å²) in [5, 5.41) is 13.9. The Morgan fingerprint density at radius 1 is 1.35 bits per heavy atom. The number of carboxylic acids is 1. The van der Waals surface area contributed by atoms with Crippen molar-refractivity contribution in [1.82, 2.24) is 5.32 Å². The van der Waals surface area contributed by atoms with Crippen LogP contribution < -0.4 is 10.6 Å². The number of carbonyl (C=O) groups is 2. The first kappa shape index (κ1) is 11.2. The van der Waals surface area contributed by atoms with Crippen molar-refractivity contribution >= 4 is 23.6 Å². The number of fused-ring (bicyclic) bond motifs is 1. The maximum Gasteiger partial charge on any atom is 0.322 e. The smallest absolute Gasteiger partial charge is 0.322 e. The van der Waals surface area contributed by atoms with Crippen molar-refractivity contribution in [1.29, 1.82) is 0 Å². The van der Waals surface area contributed by atoms with E-state index in [0.717, 1.165) is 11.3 Å². The average Bonchev–Trinajstić information content (AvgIpc) is 2.35. The monoisotopic (exact) mass is 232 g/mol. The lowest BCUT2D eigenvalue weighted by atomic mass is 10.0. The van der Waals surface area contributed by atoms with E-state index in [2.05, 4.69) is 10.6 Å². The molecule has 0 saturated heterocycles. The molecule has 1 amide bonds. The van der Waals surface area contributed by atoms with Crippen LogP contribution in [0.4, 0.5) is 5.69 Å². The third-order valence-electron chi connectivity index (χ3n) is 2.45. The number of carbonyl (C=O) groups excluding carboxylic acids is 1. The summed E-state index contributed by atoms with van der Waals surface area (Å²) in [7, 11) is 0. The minimum atomic E-state index is -1.05. The summed E-state index contributed by atoms with van der Waals surface area (Å²) in [6, 6.07) is 7.62. The van der Waals surface area contributed by atoms with Crippen LogP contribution in [0.2, 0.25) is 0 Å². The quantitative estimate of drug-likeness (QED) is 0.716. The zero-order valence-corrected chi connectivity index (χ0v) is 9.06. The molecule has 5 heteroatoms. The molecule has 0 radical (unpaired) electrons. The molecule has 0 saturated carbocycles. The second kappa shape index (κ2) is 4.69. The number of carboxylic acid groups (broad SMARTS) is 1. The van der Waals surface area contributed by atoms with Crippen LogP contribution in [-0.2, 0) is 9.59 Å². The lowest BCUT2D eigenvalue weighted by Crippen LogP contribution is -2.33. The van der Waals surface area contributed by atoms with Gasteiger partial charge in [-0.1, -0.05) is 18.2 Å². The summed E-state index contributed by atoms with van der Waals surface area (Å²) in [5.74, 6) is -1.41. The van der Waals surface area contributed by atoms with Crippen molar-refractivity contribution in [3.8, 4) is 0 Å². The van der Waals surface area contributed by atoms with E-state index in [1.165, 1.54) is 0 Å². The summed E-state index contributed by atoms with van der Waals surface area (Å²) in [6.07, 6.45) is 1.77. The SMILES string of the molecule is O=C(O)CNC(=O)C1=Cc2ccccc2NC1. The lowest BCUT2D eigenvalue weighted by Gasteiger charge is -2.17. The third-order valence-corrected chi connectivity index (χ3v) is 2.45. The molecule has 0 aromatic heterocycles. The highest BCUT2D eigenvalue weighted by Gasteiger charge is 2.15. The van der Waals surface area contributed by atoms with E-state index in [0.29, 0.717) is 12.1 Å². The molecule has 1 aromatic carbocycles. The van der Waals surface area contributed by atoms with Crippen LogP contribution in [0.1, 0.15) is 5.56 Å². The molecule has 2 rings (SSSR count). The molecule has 1 aliphatic heterocycles. The Morgan fingerprint density at radius 2 is 2.12 bits per heavy atom. The number of rotatable bonds is 3. The number of hydrogen-bond acceptors (Lipinski definition) is 3. The molecule has 0 bridgehead atoms.